The van der Waals surface area contributed by atoms with E-state index in [1.165, 1.54) is 12.1 Å². The Hall–Kier alpha value is -2.84. The molecule has 1 aromatic carbocycles. The summed E-state index contributed by atoms with van der Waals surface area (Å²) in [6.07, 6.45) is -2.85. The van der Waals surface area contributed by atoms with Gasteiger partial charge in [0.05, 0.1) is 0 Å². The molecule has 0 spiro atoms. The van der Waals surface area contributed by atoms with Gasteiger partial charge < -0.3 is 14.3 Å². The Morgan fingerprint density at radius 3 is 2.48 bits per heavy atom. The minimum absolute atomic E-state index is 0.0389. The number of rotatable bonds is 4. The van der Waals surface area contributed by atoms with Crippen LogP contribution in [0.25, 0.3) is 17.5 Å². The molecule has 9 heteroatoms. The first-order valence-electron chi connectivity index (χ1n) is 5.44. The number of nitrogens with zero attached hydrogens (tertiary/aromatic N) is 2. The summed E-state index contributed by atoms with van der Waals surface area (Å²) in [4.78, 5) is 10.3. The van der Waals surface area contributed by atoms with Crippen molar-refractivity contribution in [3.63, 3.8) is 0 Å². The van der Waals surface area contributed by atoms with Crippen molar-refractivity contribution in [1.82, 2.24) is 10.2 Å². The van der Waals surface area contributed by atoms with Gasteiger partial charge in [-0.3, -0.25) is 0 Å². The van der Waals surface area contributed by atoms with Crippen LogP contribution in [0, 0.1) is 0 Å². The van der Waals surface area contributed by atoms with Crippen LogP contribution in [0.1, 0.15) is 5.89 Å². The Morgan fingerprint density at radius 2 is 1.90 bits per heavy atom. The van der Waals surface area contributed by atoms with E-state index in [0.717, 1.165) is 24.3 Å². The Balaban J connectivity index is 2.14. The molecule has 0 radical (unpaired) electrons. The third kappa shape index (κ3) is 4.34. The molecule has 0 aliphatic heterocycles. The fourth-order valence-corrected chi connectivity index (χ4v) is 1.36. The summed E-state index contributed by atoms with van der Waals surface area (Å²) in [6, 6.07) is 4.80. The molecule has 1 aromatic heterocycles. The van der Waals surface area contributed by atoms with Gasteiger partial charge in [-0.15, -0.1) is 23.4 Å². The van der Waals surface area contributed by atoms with E-state index in [4.69, 9.17) is 9.52 Å². The third-order valence-corrected chi connectivity index (χ3v) is 2.14. The molecule has 2 aromatic rings. The lowest BCUT2D eigenvalue weighted by molar-refractivity contribution is -0.274. The van der Waals surface area contributed by atoms with E-state index < -0.39 is 12.3 Å². The first-order valence-corrected chi connectivity index (χ1v) is 5.44. The zero-order valence-corrected chi connectivity index (χ0v) is 10.2. The van der Waals surface area contributed by atoms with Crippen LogP contribution in [0.4, 0.5) is 13.2 Å². The van der Waals surface area contributed by atoms with Crippen LogP contribution in [0.2, 0.25) is 0 Å². The summed E-state index contributed by atoms with van der Waals surface area (Å²) < 4.78 is 44.8. The Kier molecular flexibility index (Phi) is 3.92. The molecule has 0 aliphatic carbocycles. The maximum atomic E-state index is 12.0. The summed E-state index contributed by atoms with van der Waals surface area (Å²) >= 11 is 0. The topological polar surface area (TPSA) is 85.5 Å². The van der Waals surface area contributed by atoms with Crippen LogP contribution in [-0.4, -0.2) is 27.6 Å². The lowest BCUT2D eigenvalue weighted by Gasteiger charge is -2.08. The number of carbonyl (C=O) groups is 1. The molecule has 0 saturated heterocycles. The van der Waals surface area contributed by atoms with Gasteiger partial charge in [-0.25, -0.2) is 4.79 Å². The highest BCUT2D eigenvalue weighted by molar-refractivity contribution is 5.84. The molecule has 1 heterocycles. The predicted molar refractivity (Wildman–Crippen MR) is 63.1 cm³/mol. The molecule has 21 heavy (non-hydrogen) atoms. The smallest absolute Gasteiger partial charge is 0.478 e. The Morgan fingerprint density at radius 1 is 1.24 bits per heavy atom. The monoisotopic (exact) mass is 300 g/mol. The SMILES string of the molecule is O=C(O)/C=C/c1nnc(-c2ccc(OC(F)(F)F)cc2)o1. The van der Waals surface area contributed by atoms with E-state index in [1.807, 2.05) is 0 Å². The van der Waals surface area contributed by atoms with Gasteiger partial charge in [0.15, 0.2) is 0 Å². The molecule has 110 valence electrons. The fraction of sp³-hybridized carbons (Fsp3) is 0.0833. The second kappa shape index (κ2) is 5.65. The number of alkyl halides is 3. The number of ether oxygens (including phenoxy) is 1. The molecule has 0 fully saturated rings. The minimum Gasteiger partial charge on any atom is -0.478 e. The highest BCUT2D eigenvalue weighted by atomic mass is 19.4. The van der Waals surface area contributed by atoms with Crippen molar-refractivity contribution in [3.05, 3.63) is 36.2 Å². The first kappa shape index (κ1) is 14.6. The number of carboxylic acids is 1. The largest absolute Gasteiger partial charge is 0.573 e. The summed E-state index contributed by atoms with van der Waals surface area (Å²) in [5, 5.41) is 15.7. The predicted octanol–water partition coefficient (Wildman–Crippen LogP) is 2.73. The van der Waals surface area contributed by atoms with E-state index in [-0.39, 0.29) is 17.5 Å². The number of hydrogen-bond donors (Lipinski definition) is 1. The second-order valence-corrected chi connectivity index (χ2v) is 3.69. The van der Waals surface area contributed by atoms with Gasteiger partial charge in [0.25, 0.3) is 0 Å². The molecule has 0 atom stereocenters. The van der Waals surface area contributed by atoms with Gasteiger partial charge in [0.1, 0.15) is 5.75 Å². The summed E-state index contributed by atoms with van der Waals surface area (Å²) in [6.45, 7) is 0. The average Bonchev–Trinajstić information content (AvgIpc) is 2.84. The van der Waals surface area contributed by atoms with Gasteiger partial charge in [0, 0.05) is 17.7 Å². The van der Waals surface area contributed by atoms with Gasteiger partial charge in [0.2, 0.25) is 11.8 Å². The second-order valence-electron chi connectivity index (χ2n) is 3.69. The number of benzene rings is 1. The normalized spacial score (nSPS) is 11.8. The van der Waals surface area contributed by atoms with E-state index in [1.54, 1.807) is 0 Å². The maximum Gasteiger partial charge on any atom is 0.573 e. The van der Waals surface area contributed by atoms with E-state index in [2.05, 4.69) is 14.9 Å². The van der Waals surface area contributed by atoms with Crippen LogP contribution in [-0.2, 0) is 4.79 Å². The van der Waals surface area contributed by atoms with Gasteiger partial charge in [-0.2, -0.15) is 0 Å². The summed E-state index contributed by atoms with van der Waals surface area (Å²) in [7, 11) is 0. The van der Waals surface area contributed by atoms with Crippen molar-refractivity contribution >= 4 is 12.0 Å². The quantitative estimate of drug-likeness (QED) is 0.874. The standard InChI is InChI=1S/C12H7F3N2O4/c13-12(14,15)21-8-3-1-7(2-4-8)11-17-16-9(20-11)5-6-10(18)19/h1-6H,(H,18,19)/b6-5+. The van der Waals surface area contributed by atoms with E-state index in [0.29, 0.717) is 5.56 Å². The first-order chi connectivity index (χ1) is 9.83. The van der Waals surface area contributed by atoms with Crippen LogP contribution >= 0.6 is 0 Å². The molecule has 1 N–H and O–H groups in total. The van der Waals surface area contributed by atoms with Crippen LogP contribution < -0.4 is 4.74 Å². The molecule has 6 nitrogen and oxygen atoms in total. The lowest BCUT2D eigenvalue weighted by Crippen LogP contribution is -2.16. The van der Waals surface area contributed by atoms with Crippen molar-refractivity contribution < 1.29 is 32.2 Å². The third-order valence-electron chi connectivity index (χ3n) is 2.14. The highest BCUT2D eigenvalue weighted by Gasteiger charge is 2.31. The molecule has 0 saturated carbocycles. The number of carboxylic acid groups (broad SMARTS) is 1. The van der Waals surface area contributed by atoms with Crippen LogP contribution in [0.5, 0.6) is 5.75 Å². The van der Waals surface area contributed by atoms with Crippen LogP contribution in [0.15, 0.2) is 34.8 Å². The molecule has 0 aliphatic rings. The summed E-state index contributed by atoms with van der Waals surface area (Å²) in [5.41, 5.74) is 0.368. The summed E-state index contributed by atoms with van der Waals surface area (Å²) in [5.74, 6) is -1.55. The van der Waals surface area contributed by atoms with E-state index >= 15 is 0 Å². The minimum atomic E-state index is -4.76. The Bertz CT molecular complexity index is 662. The van der Waals surface area contributed by atoms with Gasteiger partial charge in [-0.1, -0.05) is 0 Å². The molecule has 0 amide bonds. The molecular formula is C12H7F3N2O4. The molecule has 0 bridgehead atoms. The van der Waals surface area contributed by atoms with Crippen molar-refractivity contribution in [2.24, 2.45) is 0 Å². The number of hydrogen-bond acceptors (Lipinski definition) is 5. The van der Waals surface area contributed by atoms with Crippen LogP contribution in [0.3, 0.4) is 0 Å². The number of aromatic nitrogens is 2. The van der Waals surface area contributed by atoms with Crippen molar-refractivity contribution in [1.29, 1.82) is 0 Å². The molecule has 0 unspecified atom stereocenters. The maximum absolute atomic E-state index is 12.0. The average molecular weight is 300 g/mol. The zero-order valence-electron chi connectivity index (χ0n) is 10.2. The lowest BCUT2D eigenvalue weighted by atomic mass is 10.2. The van der Waals surface area contributed by atoms with Crippen molar-refractivity contribution in [3.8, 4) is 17.2 Å². The van der Waals surface area contributed by atoms with Crippen molar-refractivity contribution in [2.75, 3.05) is 0 Å². The number of aliphatic carboxylic acids is 1. The molecular weight excluding hydrogens is 293 g/mol. The van der Waals surface area contributed by atoms with Crippen molar-refractivity contribution in [2.45, 2.75) is 6.36 Å². The number of halogens is 3. The molecule has 2 rings (SSSR count). The highest BCUT2D eigenvalue weighted by Crippen LogP contribution is 2.26. The van der Waals surface area contributed by atoms with Gasteiger partial charge in [-0.05, 0) is 24.3 Å². The van der Waals surface area contributed by atoms with E-state index in [9.17, 15) is 18.0 Å². The van der Waals surface area contributed by atoms with Gasteiger partial charge >= 0.3 is 12.3 Å². The zero-order chi connectivity index (χ0) is 15.5. The fourth-order valence-electron chi connectivity index (χ4n) is 1.36. The Labute approximate surface area is 115 Å².